The zero-order chi connectivity index (χ0) is 30.9. The molecule has 220 valence electrons. The van der Waals surface area contributed by atoms with Gasteiger partial charge in [0.2, 0.25) is 5.91 Å². The van der Waals surface area contributed by atoms with E-state index >= 15 is 0 Å². The highest BCUT2D eigenvalue weighted by Gasteiger charge is 2.37. The summed E-state index contributed by atoms with van der Waals surface area (Å²) in [5, 5.41) is 15.8. The zero-order valence-corrected chi connectivity index (χ0v) is 24.8. The summed E-state index contributed by atoms with van der Waals surface area (Å²) in [6, 6.07) is 19.4. The number of aliphatic hydroxyl groups is 1. The Hall–Kier alpha value is -4.61. The van der Waals surface area contributed by atoms with Gasteiger partial charge in [-0.2, -0.15) is 0 Å². The topological polar surface area (TPSA) is 108 Å². The molecule has 0 aliphatic carbocycles. The number of hydrogen-bond acceptors (Lipinski definition) is 5. The Bertz CT molecular complexity index is 1420. The van der Waals surface area contributed by atoms with E-state index in [1.165, 1.54) is 4.90 Å². The number of alkyl carbamates (subject to hydrolysis) is 1. The number of aryl methyl sites for hydroxylation is 2. The zero-order valence-electron chi connectivity index (χ0n) is 24.8. The number of carbonyl (C=O) groups is 3. The predicted molar refractivity (Wildman–Crippen MR) is 164 cm³/mol. The number of amides is 3. The van der Waals surface area contributed by atoms with Crippen LogP contribution < -0.4 is 10.6 Å². The van der Waals surface area contributed by atoms with Crippen LogP contribution in [-0.4, -0.2) is 52.7 Å². The fourth-order valence-corrected chi connectivity index (χ4v) is 4.69. The van der Waals surface area contributed by atoms with Crippen LogP contribution in [0.3, 0.4) is 0 Å². The van der Waals surface area contributed by atoms with Crippen LogP contribution >= 0.6 is 0 Å². The first-order valence-corrected chi connectivity index (χ1v) is 13.8. The molecule has 0 aliphatic rings. The van der Waals surface area contributed by atoms with Gasteiger partial charge in [0.15, 0.2) is 0 Å². The Morgan fingerprint density at radius 3 is 2.17 bits per heavy atom. The van der Waals surface area contributed by atoms with Gasteiger partial charge < -0.3 is 25.4 Å². The second kappa shape index (κ2) is 14.3. The quantitative estimate of drug-likeness (QED) is 0.301. The fourth-order valence-electron chi connectivity index (χ4n) is 4.69. The fraction of sp³-hybridized carbons (Fsp3) is 0.324. The molecule has 2 atom stereocenters. The number of terminal acetylenes is 1. The van der Waals surface area contributed by atoms with E-state index in [-0.39, 0.29) is 13.0 Å². The lowest BCUT2D eigenvalue weighted by atomic mass is 9.96. The molecule has 3 rings (SSSR count). The summed E-state index contributed by atoms with van der Waals surface area (Å²) in [4.78, 5) is 42.6. The van der Waals surface area contributed by atoms with Crippen molar-refractivity contribution in [1.29, 1.82) is 0 Å². The maximum Gasteiger partial charge on any atom is 0.408 e. The molecule has 0 radical (unpaired) electrons. The third kappa shape index (κ3) is 8.45. The molecule has 0 saturated heterocycles. The van der Waals surface area contributed by atoms with E-state index in [1.54, 1.807) is 45.0 Å². The van der Waals surface area contributed by atoms with Crippen molar-refractivity contribution in [2.45, 2.75) is 58.7 Å². The van der Waals surface area contributed by atoms with Crippen LogP contribution in [0.15, 0.2) is 72.8 Å². The van der Waals surface area contributed by atoms with E-state index in [0.29, 0.717) is 16.8 Å². The molecule has 42 heavy (non-hydrogen) atoms. The highest BCUT2D eigenvalue weighted by molar-refractivity contribution is 6.00. The second-order valence-corrected chi connectivity index (χ2v) is 11.0. The van der Waals surface area contributed by atoms with Crippen molar-refractivity contribution in [2.75, 3.05) is 18.5 Å². The number of aliphatic hydroxyl groups excluding tert-OH is 1. The van der Waals surface area contributed by atoms with Crippen molar-refractivity contribution in [2.24, 2.45) is 0 Å². The number of para-hydroxylation sites is 1. The second-order valence-electron chi connectivity index (χ2n) is 11.0. The largest absolute Gasteiger partial charge is 0.444 e. The minimum atomic E-state index is -1.21. The molecule has 0 heterocycles. The molecule has 0 aliphatic heterocycles. The van der Waals surface area contributed by atoms with Gasteiger partial charge in [-0.05, 0) is 62.9 Å². The highest BCUT2D eigenvalue weighted by atomic mass is 16.6. The smallest absolute Gasteiger partial charge is 0.408 e. The molecule has 3 aromatic carbocycles. The van der Waals surface area contributed by atoms with Crippen LogP contribution in [0.25, 0.3) is 0 Å². The van der Waals surface area contributed by atoms with Crippen LogP contribution in [0.2, 0.25) is 0 Å². The molecule has 0 spiro atoms. The minimum absolute atomic E-state index is 0.128. The molecule has 2 unspecified atom stereocenters. The van der Waals surface area contributed by atoms with Crippen LogP contribution in [0.5, 0.6) is 0 Å². The first-order valence-electron chi connectivity index (χ1n) is 13.8. The summed E-state index contributed by atoms with van der Waals surface area (Å²) in [6.07, 6.45) is 5.17. The van der Waals surface area contributed by atoms with Crippen LogP contribution in [0.1, 0.15) is 54.6 Å². The Balaban J connectivity index is 2.11. The summed E-state index contributed by atoms with van der Waals surface area (Å²) < 4.78 is 5.45. The lowest BCUT2D eigenvalue weighted by Crippen LogP contribution is -2.54. The van der Waals surface area contributed by atoms with Crippen molar-refractivity contribution in [1.82, 2.24) is 10.2 Å². The van der Waals surface area contributed by atoms with Gasteiger partial charge in [0, 0.05) is 24.2 Å². The maximum atomic E-state index is 14.4. The number of nitrogens with one attached hydrogen (secondary N) is 2. The average molecular weight is 570 g/mol. The van der Waals surface area contributed by atoms with E-state index < -0.39 is 42.2 Å². The van der Waals surface area contributed by atoms with Crippen molar-refractivity contribution < 1.29 is 24.2 Å². The van der Waals surface area contributed by atoms with E-state index in [4.69, 9.17) is 11.2 Å². The third-order valence-electron chi connectivity index (χ3n) is 6.60. The van der Waals surface area contributed by atoms with Gasteiger partial charge in [-0.15, -0.1) is 6.42 Å². The number of rotatable bonds is 10. The van der Waals surface area contributed by atoms with E-state index in [1.807, 2.05) is 62.4 Å². The molecule has 3 aromatic rings. The van der Waals surface area contributed by atoms with Crippen molar-refractivity contribution in [3.63, 3.8) is 0 Å². The Morgan fingerprint density at radius 2 is 1.57 bits per heavy atom. The molecule has 8 nitrogen and oxygen atoms in total. The molecule has 0 aromatic heterocycles. The van der Waals surface area contributed by atoms with Crippen LogP contribution in [0, 0.1) is 26.2 Å². The third-order valence-corrected chi connectivity index (χ3v) is 6.60. The van der Waals surface area contributed by atoms with Crippen LogP contribution in [0.4, 0.5) is 10.5 Å². The number of ether oxygens (including phenoxy) is 1. The lowest BCUT2D eigenvalue weighted by molar-refractivity contribution is -0.141. The first kappa shape index (κ1) is 31.9. The molecule has 0 bridgehead atoms. The van der Waals surface area contributed by atoms with Crippen molar-refractivity contribution in [3.05, 3.63) is 101 Å². The van der Waals surface area contributed by atoms with Crippen LogP contribution in [-0.2, 0) is 20.7 Å². The average Bonchev–Trinajstić information content (AvgIpc) is 2.94. The van der Waals surface area contributed by atoms with Gasteiger partial charge in [0.25, 0.3) is 5.91 Å². The molecule has 0 fully saturated rings. The summed E-state index contributed by atoms with van der Waals surface area (Å²) in [5.74, 6) is 1.53. The van der Waals surface area contributed by atoms with Crippen molar-refractivity contribution >= 4 is 23.6 Å². The number of anilines is 1. The summed E-state index contributed by atoms with van der Waals surface area (Å²) in [7, 11) is 0. The standard InChI is InChI=1S/C34H39N3O5/c1-7-26-18-11-12-19-27(26)30(31(39)36-29-23(2)14-13-15-24(29)3)37(20-21-38)32(40)28(22-25-16-9-8-10-17-25)35-33(41)42-34(4,5)6/h1,8-19,28,30,38H,20-22H2,2-6H3,(H,35,41)(H,36,39). The summed E-state index contributed by atoms with van der Waals surface area (Å²) in [5.41, 5.74) is 3.15. The van der Waals surface area contributed by atoms with Gasteiger partial charge in [0.1, 0.15) is 17.7 Å². The normalized spacial score (nSPS) is 12.4. The number of benzene rings is 3. The van der Waals surface area contributed by atoms with Gasteiger partial charge in [0.05, 0.1) is 6.61 Å². The number of nitrogens with zero attached hydrogens (tertiary/aromatic N) is 1. The molecular formula is C34H39N3O5. The molecule has 3 amide bonds. The summed E-state index contributed by atoms with van der Waals surface area (Å²) in [6.45, 7) is 8.32. The number of carbonyl (C=O) groups excluding carboxylic acids is 3. The van der Waals surface area contributed by atoms with Gasteiger partial charge >= 0.3 is 6.09 Å². The molecule has 8 heteroatoms. The Morgan fingerprint density at radius 1 is 0.952 bits per heavy atom. The predicted octanol–water partition coefficient (Wildman–Crippen LogP) is 4.92. The lowest BCUT2D eigenvalue weighted by Gasteiger charge is -2.34. The molecular weight excluding hydrogens is 530 g/mol. The van der Waals surface area contributed by atoms with Gasteiger partial charge in [-0.3, -0.25) is 9.59 Å². The van der Waals surface area contributed by atoms with Gasteiger partial charge in [-0.25, -0.2) is 4.79 Å². The molecule has 0 saturated carbocycles. The maximum absolute atomic E-state index is 14.4. The Labute approximate surface area is 248 Å². The van der Waals surface area contributed by atoms with Gasteiger partial charge in [-0.1, -0.05) is 72.7 Å². The summed E-state index contributed by atoms with van der Waals surface area (Å²) >= 11 is 0. The van der Waals surface area contributed by atoms with Crippen molar-refractivity contribution in [3.8, 4) is 12.3 Å². The van der Waals surface area contributed by atoms with E-state index in [0.717, 1.165) is 16.7 Å². The highest BCUT2D eigenvalue weighted by Crippen LogP contribution is 2.29. The molecule has 3 N–H and O–H groups in total. The number of hydrogen-bond donors (Lipinski definition) is 3. The first-order chi connectivity index (χ1) is 19.9. The minimum Gasteiger partial charge on any atom is -0.444 e. The Kier molecular flexibility index (Phi) is 10.9. The van der Waals surface area contributed by atoms with E-state index in [9.17, 15) is 19.5 Å². The SMILES string of the molecule is C#Cc1ccccc1C(C(=O)Nc1c(C)cccc1C)N(CCO)C(=O)C(Cc1ccccc1)NC(=O)OC(C)(C)C. The van der Waals surface area contributed by atoms with E-state index in [2.05, 4.69) is 16.6 Å². The monoisotopic (exact) mass is 569 g/mol.